The molecular formula is C24H24ClN5O3S. The molecule has 5 rings (SSSR count). The number of thiazole rings is 1. The highest BCUT2D eigenvalue weighted by atomic mass is 35.5. The van der Waals surface area contributed by atoms with Gasteiger partial charge in [0.1, 0.15) is 10.9 Å². The average molecular weight is 498 g/mol. The summed E-state index contributed by atoms with van der Waals surface area (Å²) in [4.78, 5) is 30.0. The highest BCUT2D eigenvalue weighted by Gasteiger charge is 2.24. The molecule has 34 heavy (non-hydrogen) atoms. The number of piperidine rings is 1. The standard InChI is InChI=1S/C24H24ClN5O3S/c1-14-9-15(18-11-21(25)26-13-19(18)33-2)3-8-30(14)24-28-22-20(34-24)10-16(12-27-22)23(32)29-6-4-17(31)5-7-29/h3,9-13,17,31H,4-8H2,1-2H3. The number of rotatable bonds is 4. The molecule has 0 radical (unpaired) electrons. The van der Waals surface area contributed by atoms with Gasteiger partial charge in [-0.3, -0.25) is 4.79 Å². The maximum absolute atomic E-state index is 12.9. The highest BCUT2D eigenvalue weighted by molar-refractivity contribution is 7.22. The molecule has 3 aromatic rings. The van der Waals surface area contributed by atoms with Crippen LogP contribution in [0.3, 0.4) is 0 Å². The van der Waals surface area contributed by atoms with E-state index in [2.05, 4.69) is 27.0 Å². The number of carbonyl (C=O) groups excluding carboxylic acids is 1. The Morgan fingerprint density at radius 1 is 1.24 bits per heavy atom. The van der Waals surface area contributed by atoms with Crippen LogP contribution in [-0.4, -0.2) is 63.7 Å². The normalized spacial score (nSPS) is 17.1. The number of aromatic nitrogens is 3. The van der Waals surface area contributed by atoms with Crippen molar-refractivity contribution in [2.24, 2.45) is 0 Å². The minimum atomic E-state index is -0.319. The third kappa shape index (κ3) is 4.38. The molecule has 0 spiro atoms. The number of carbonyl (C=O) groups is 1. The van der Waals surface area contributed by atoms with Gasteiger partial charge in [-0.05, 0) is 43.5 Å². The molecule has 0 atom stereocenters. The predicted octanol–water partition coefficient (Wildman–Crippen LogP) is 4.15. The minimum absolute atomic E-state index is 0.0529. The second-order valence-electron chi connectivity index (χ2n) is 8.33. The molecule has 1 amide bonds. The number of hydrogen-bond donors (Lipinski definition) is 1. The van der Waals surface area contributed by atoms with Crippen molar-refractivity contribution in [2.45, 2.75) is 25.9 Å². The predicted molar refractivity (Wildman–Crippen MR) is 133 cm³/mol. The van der Waals surface area contributed by atoms with Crippen molar-refractivity contribution in [2.75, 3.05) is 31.6 Å². The van der Waals surface area contributed by atoms with Crippen LogP contribution in [0.2, 0.25) is 5.15 Å². The summed E-state index contributed by atoms with van der Waals surface area (Å²) in [6.07, 6.45) is 8.28. The minimum Gasteiger partial charge on any atom is -0.494 e. The Bertz CT molecular complexity index is 1310. The molecule has 1 fully saturated rings. The van der Waals surface area contributed by atoms with Crippen LogP contribution in [0.4, 0.5) is 5.13 Å². The molecule has 8 nitrogen and oxygen atoms in total. The van der Waals surface area contributed by atoms with Crippen LogP contribution in [0.5, 0.6) is 5.75 Å². The number of pyridine rings is 2. The van der Waals surface area contributed by atoms with E-state index in [1.54, 1.807) is 30.5 Å². The fourth-order valence-electron chi connectivity index (χ4n) is 4.21. The van der Waals surface area contributed by atoms with E-state index in [1.165, 1.54) is 11.3 Å². The summed E-state index contributed by atoms with van der Waals surface area (Å²) < 4.78 is 6.32. The molecule has 10 heteroatoms. The van der Waals surface area contributed by atoms with E-state index in [1.807, 2.05) is 13.0 Å². The SMILES string of the molecule is COc1cnc(Cl)cc1C1=CCN(c2nc3ncc(C(=O)N4CCC(O)CC4)cc3s2)C(C)=C1. The topological polar surface area (TPSA) is 91.7 Å². The Balaban J connectivity index is 1.38. The lowest BCUT2D eigenvalue weighted by Crippen LogP contribution is -2.40. The second-order valence-corrected chi connectivity index (χ2v) is 9.72. The molecule has 2 aliphatic rings. The van der Waals surface area contributed by atoms with E-state index in [0.29, 0.717) is 54.6 Å². The lowest BCUT2D eigenvalue weighted by Gasteiger charge is -2.29. The first-order valence-corrected chi connectivity index (χ1v) is 12.2. The average Bonchev–Trinajstić information content (AvgIpc) is 3.27. The van der Waals surface area contributed by atoms with Gasteiger partial charge < -0.3 is 19.6 Å². The van der Waals surface area contributed by atoms with Crippen molar-refractivity contribution in [3.63, 3.8) is 0 Å². The molecule has 1 saturated heterocycles. The Labute approximate surface area is 206 Å². The smallest absolute Gasteiger partial charge is 0.255 e. The number of aliphatic hydroxyl groups is 1. The number of anilines is 1. The van der Waals surface area contributed by atoms with Gasteiger partial charge in [-0.25, -0.2) is 9.97 Å². The Morgan fingerprint density at radius 2 is 2.03 bits per heavy atom. The molecular weight excluding hydrogens is 474 g/mol. The zero-order chi connectivity index (χ0) is 23.8. The molecule has 0 unspecified atom stereocenters. The molecule has 2 aliphatic heterocycles. The highest BCUT2D eigenvalue weighted by Crippen LogP contribution is 2.36. The van der Waals surface area contributed by atoms with Crippen LogP contribution >= 0.6 is 22.9 Å². The van der Waals surface area contributed by atoms with Gasteiger partial charge >= 0.3 is 0 Å². The lowest BCUT2D eigenvalue weighted by atomic mass is 10.0. The number of likely N-dealkylation sites (tertiary alicyclic amines) is 1. The lowest BCUT2D eigenvalue weighted by molar-refractivity contribution is 0.0546. The fourth-order valence-corrected chi connectivity index (χ4v) is 5.40. The monoisotopic (exact) mass is 497 g/mol. The number of halogens is 1. The number of allylic oxidation sites excluding steroid dienone is 3. The van der Waals surface area contributed by atoms with E-state index in [-0.39, 0.29) is 12.0 Å². The van der Waals surface area contributed by atoms with Gasteiger partial charge in [-0.2, -0.15) is 4.98 Å². The summed E-state index contributed by atoms with van der Waals surface area (Å²) >= 11 is 7.62. The van der Waals surface area contributed by atoms with Crippen molar-refractivity contribution in [3.05, 3.63) is 58.7 Å². The molecule has 0 saturated carbocycles. The Kier molecular flexibility index (Phi) is 6.24. The van der Waals surface area contributed by atoms with Crippen molar-refractivity contribution in [1.29, 1.82) is 0 Å². The molecule has 0 bridgehead atoms. The zero-order valence-corrected chi connectivity index (χ0v) is 20.4. The third-order valence-electron chi connectivity index (χ3n) is 6.11. The van der Waals surface area contributed by atoms with Crippen molar-refractivity contribution in [3.8, 4) is 5.75 Å². The summed E-state index contributed by atoms with van der Waals surface area (Å²) in [6.45, 7) is 3.78. The summed E-state index contributed by atoms with van der Waals surface area (Å²) in [5.41, 5.74) is 4.09. The first-order valence-electron chi connectivity index (χ1n) is 11.0. The van der Waals surface area contributed by atoms with Crippen LogP contribution in [-0.2, 0) is 0 Å². The summed E-state index contributed by atoms with van der Waals surface area (Å²) in [5.74, 6) is 0.612. The van der Waals surface area contributed by atoms with E-state index >= 15 is 0 Å². The van der Waals surface area contributed by atoms with E-state index in [9.17, 15) is 9.90 Å². The number of amides is 1. The van der Waals surface area contributed by atoms with Crippen LogP contribution in [0.15, 0.2) is 42.4 Å². The number of fused-ring (bicyclic) bond motifs is 1. The summed E-state index contributed by atoms with van der Waals surface area (Å²) in [5, 5.41) is 10.9. The summed E-state index contributed by atoms with van der Waals surface area (Å²) in [6, 6.07) is 3.67. The van der Waals surface area contributed by atoms with Gasteiger partial charge in [0.25, 0.3) is 5.91 Å². The number of ether oxygens (including phenoxy) is 1. The van der Waals surface area contributed by atoms with Gasteiger partial charge in [0.2, 0.25) is 0 Å². The van der Waals surface area contributed by atoms with E-state index in [4.69, 9.17) is 21.3 Å². The maximum atomic E-state index is 12.9. The zero-order valence-electron chi connectivity index (χ0n) is 18.9. The van der Waals surface area contributed by atoms with Crippen molar-refractivity contribution in [1.82, 2.24) is 19.9 Å². The summed E-state index contributed by atoms with van der Waals surface area (Å²) in [7, 11) is 1.61. The largest absolute Gasteiger partial charge is 0.494 e. The third-order valence-corrected chi connectivity index (χ3v) is 7.34. The number of nitrogens with zero attached hydrogens (tertiary/aromatic N) is 5. The molecule has 0 aliphatic carbocycles. The van der Waals surface area contributed by atoms with Crippen LogP contribution < -0.4 is 9.64 Å². The molecule has 0 aromatic carbocycles. The number of hydrogen-bond acceptors (Lipinski definition) is 8. The number of aliphatic hydroxyl groups excluding tert-OH is 1. The quantitative estimate of drug-likeness (QED) is 0.541. The fraction of sp³-hybridized carbons (Fsp3) is 0.333. The molecule has 176 valence electrons. The van der Waals surface area contributed by atoms with Gasteiger partial charge in [-0.15, -0.1) is 0 Å². The number of methoxy groups -OCH3 is 1. The Morgan fingerprint density at radius 3 is 2.76 bits per heavy atom. The van der Waals surface area contributed by atoms with Gasteiger partial charge in [0.05, 0.1) is 29.7 Å². The Hall–Kier alpha value is -3.01. The first-order chi connectivity index (χ1) is 16.4. The van der Waals surface area contributed by atoms with Crippen LogP contribution in [0.1, 0.15) is 35.7 Å². The van der Waals surface area contributed by atoms with E-state index in [0.717, 1.165) is 26.7 Å². The van der Waals surface area contributed by atoms with Crippen LogP contribution in [0.25, 0.3) is 15.9 Å². The van der Waals surface area contributed by atoms with Crippen molar-refractivity contribution >= 4 is 49.9 Å². The van der Waals surface area contributed by atoms with Crippen molar-refractivity contribution < 1.29 is 14.6 Å². The van der Waals surface area contributed by atoms with E-state index < -0.39 is 0 Å². The van der Waals surface area contributed by atoms with Crippen LogP contribution in [0, 0.1) is 0 Å². The molecule has 5 heterocycles. The first kappa shape index (κ1) is 22.8. The maximum Gasteiger partial charge on any atom is 0.255 e. The second kappa shape index (κ2) is 9.32. The molecule has 1 N–H and O–H groups in total. The van der Waals surface area contributed by atoms with Gasteiger partial charge in [0.15, 0.2) is 10.8 Å². The van der Waals surface area contributed by atoms with Gasteiger partial charge in [-0.1, -0.05) is 29.0 Å². The molecule has 3 aromatic heterocycles. The van der Waals surface area contributed by atoms with Gasteiger partial charge in [0, 0.05) is 37.1 Å².